The molecule has 0 spiro atoms. The normalized spacial score (nSPS) is 12.8. The number of fused-ring (bicyclic) bond motifs is 1. The van der Waals surface area contributed by atoms with Gasteiger partial charge in [0.15, 0.2) is 0 Å². The number of hydrogen-bond donors (Lipinski definition) is 1. The van der Waals surface area contributed by atoms with Crippen LogP contribution in [0.3, 0.4) is 0 Å². The Morgan fingerprint density at radius 2 is 1.78 bits per heavy atom. The van der Waals surface area contributed by atoms with Gasteiger partial charge in [-0.05, 0) is 30.7 Å². The van der Waals surface area contributed by atoms with Crippen molar-refractivity contribution in [3.05, 3.63) is 71.5 Å². The molecule has 18 heavy (non-hydrogen) atoms. The van der Waals surface area contributed by atoms with E-state index in [0.717, 1.165) is 22.3 Å². The van der Waals surface area contributed by atoms with Gasteiger partial charge in [-0.2, -0.15) is 0 Å². The summed E-state index contributed by atoms with van der Waals surface area (Å²) < 4.78 is 5.81. The van der Waals surface area contributed by atoms with Crippen LogP contribution in [0.4, 0.5) is 0 Å². The molecule has 3 rings (SSSR count). The first-order valence-corrected chi connectivity index (χ1v) is 6.04. The molecule has 1 heterocycles. The highest BCUT2D eigenvalue weighted by molar-refractivity contribution is 5.78. The second kappa shape index (κ2) is 4.31. The Morgan fingerprint density at radius 1 is 1.00 bits per heavy atom. The van der Waals surface area contributed by atoms with Gasteiger partial charge in [0.25, 0.3) is 0 Å². The molecule has 0 aliphatic rings. The second-order valence-corrected chi connectivity index (χ2v) is 4.58. The standard InChI is InChI=1S/C16H15NO/c1-11-7-8-14-13(9-11)10-15(18-14)16(17)12-5-3-2-4-6-12/h2-10,16H,17H2,1H3. The molecule has 0 aliphatic carbocycles. The van der Waals surface area contributed by atoms with Crippen LogP contribution in [-0.4, -0.2) is 0 Å². The van der Waals surface area contributed by atoms with Gasteiger partial charge in [0.1, 0.15) is 11.3 Å². The van der Waals surface area contributed by atoms with Gasteiger partial charge >= 0.3 is 0 Å². The van der Waals surface area contributed by atoms with Gasteiger partial charge < -0.3 is 10.2 Å². The lowest BCUT2D eigenvalue weighted by Crippen LogP contribution is -2.10. The Balaban J connectivity index is 2.04. The van der Waals surface area contributed by atoms with E-state index >= 15 is 0 Å². The van der Waals surface area contributed by atoms with Crippen molar-refractivity contribution in [2.24, 2.45) is 5.73 Å². The third kappa shape index (κ3) is 1.91. The van der Waals surface area contributed by atoms with Crippen molar-refractivity contribution >= 4 is 11.0 Å². The summed E-state index contributed by atoms with van der Waals surface area (Å²) in [6, 6.07) is 18.0. The molecule has 3 aromatic rings. The second-order valence-electron chi connectivity index (χ2n) is 4.58. The van der Waals surface area contributed by atoms with E-state index in [0.29, 0.717) is 0 Å². The van der Waals surface area contributed by atoms with Gasteiger partial charge in [0.05, 0.1) is 6.04 Å². The van der Waals surface area contributed by atoms with E-state index < -0.39 is 0 Å². The van der Waals surface area contributed by atoms with E-state index in [1.165, 1.54) is 5.56 Å². The molecule has 0 saturated heterocycles. The maximum atomic E-state index is 6.22. The Hall–Kier alpha value is -2.06. The zero-order chi connectivity index (χ0) is 12.5. The molecule has 0 saturated carbocycles. The van der Waals surface area contributed by atoms with Crippen LogP contribution in [0.2, 0.25) is 0 Å². The first-order valence-electron chi connectivity index (χ1n) is 6.04. The fourth-order valence-electron chi connectivity index (χ4n) is 2.16. The largest absolute Gasteiger partial charge is 0.459 e. The summed E-state index contributed by atoms with van der Waals surface area (Å²) in [4.78, 5) is 0. The van der Waals surface area contributed by atoms with Crippen LogP contribution in [0.25, 0.3) is 11.0 Å². The van der Waals surface area contributed by atoms with Crippen molar-refractivity contribution in [1.29, 1.82) is 0 Å². The highest BCUT2D eigenvalue weighted by atomic mass is 16.3. The monoisotopic (exact) mass is 237 g/mol. The summed E-state index contributed by atoms with van der Waals surface area (Å²) in [7, 11) is 0. The van der Waals surface area contributed by atoms with Gasteiger partial charge in [0.2, 0.25) is 0 Å². The third-order valence-corrected chi connectivity index (χ3v) is 3.16. The van der Waals surface area contributed by atoms with Crippen LogP contribution >= 0.6 is 0 Å². The Kier molecular flexibility index (Phi) is 2.65. The van der Waals surface area contributed by atoms with E-state index in [1.807, 2.05) is 48.5 Å². The molecule has 2 aromatic carbocycles. The first kappa shape index (κ1) is 11.1. The molecule has 1 atom stereocenters. The van der Waals surface area contributed by atoms with Crippen molar-refractivity contribution in [2.75, 3.05) is 0 Å². The lowest BCUT2D eigenvalue weighted by molar-refractivity contribution is 0.525. The zero-order valence-corrected chi connectivity index (χ0v) is 10.3. The van der Waals surface area contributed by atoms with Crippen molar-refractivity contribution in [3.63, 3.8) is 0 Å². The summed E-state index contributed by atoms with van der Waals surface area (Å²) in [5.74, 6) is 0.807. The molecule has 2 nitrogen and oxygen atoms in total. The summed E-state index contributed by atoms with van der Waals surface area (Å²) in [6.45, 7) is 2.07. The lowest BCUT2D eigenvalue weighted by atomic mass is 10.1. The van der Waals surface area contributed by atoms with Crippen molar-refractivity contribution < 1.29 is 4.42 Å². The minimum atomic E-state index is -0.209. The molecule has 2 heteroatoms. The summed E-state index contributed by atoms with van der Waals surface area (Å²) in [5.41, 5.74) is 9.40. The van der Waals surface area contributed by atoms with Crippen LogP contribution in [0.15, 0.2) is 59.0 Å². The molecule has 90 valence electrons. The van der Waals surface area contributed by atoms with Gasteiger partial charge in [-0.15, -0.1) is 0 Å². The highest BCUT2D eigenvalue weighted by Gasteiger charge is 2.13. The van der Waals surface area contributed by atoms with Crippen LogP contribution < -0.4 is 5.73 Å². The number of hydrogen-bond acceptors (Lipinski definition) is 2. The van der Waals surface area contributed by atoms with E-state index in [2.05, 4.69) is 13.0 Å². The minimum absolute atomic E-state index is 0.209. The molecular weight excluding hydrogens is 222 g/mol. The van der Waals surface area contributed by atoms with Crippen LogP contribution in [0.1, 0.15) is 22.9 Å². The highest BCUT2D eigenvalue weighted by Crippen LogP contribution is 2.27. The number of aryl methyl sites for hydroxylation is 1. The number of rotatable bonds is 2. The molecule has 1 unspecified atom stereocenters. The summed E-state index contributed by atoms with van der Waals surface area (Å²) in [5, 5.41) is 1.11. The first-order chi connectivity index (χ1) is 8.74. The summed E-state index contributed by atoms with van der Waals surface area (Å²) in [6.07, 6.45) is 0. The van der Waals surface area contributed by atoms with E-state index in [-0.39, 0.29) is 6.04 Å². The molecule has 1 aromatic heterocycles. The molecule has 0 aliphatic heterocycles. The van der Waals surface area contributed by atoms with Gasteiger partial charge in [0, 0.05) is 5.39 Å². The SMILES string of the molecule is Cc1ccc2oc(C(N)c3ccccc3)cc2c1. The van der Waals surface area contributed by atoms with E-state index in [9.17, 15) is 0 Å². The van der Waals surface area contributed by atoms with Gasteiger partial charge in [-0.1, -0.05) is 42.0 Å². The average molecular weight is 237 g/mol. The molecule has 0 fully saturated rings. The number of furan rings is 1. The number of benzene rings is 2. The minimum Gasteiger partial charge on any atom is -0.459 e. The van der Waals surface area contributed by atoms with Crippen LogP contribution in [0, 0.1) is 6.92 Å². The molecule has 0 bridgehead atoms. The van der Waals surface area contributed by atoms with E-state index in [4.69, 9.17) is 10.2 Å². The molecule has 2 N–H and O–H groups in total. The zero-order valence-electron chi connectivity index (χ0n) is 10.3. The molecular formula is C16H15NO. The third-order valence-electron chi connectivity index (χ3n) is 3.16. The van der Waals surface area contributed by atoms with Crippen molar-refractivity contribution in [3.8, 4) is 0 Å². The van der Waals surface area contributed by atoms with Crippen molar-refractivity contribution in [2.45, 2.75) is 13.0 Å². The lowest BCUT2D eigenvalue weighted by Gasteiger charge is -2.07. The Morgan fingerprint density at radius 3 is 2.56 bits per heavy atom. The van der Waals surface area contributed by atoms with E-state index in [1.54, 1.807) is 0 Å². The van der Waals surface area contributed by atoms with Crippen LogP contribution in [-0.2, 0) is 0 Å². The Labute approximate surface area is 106 Å². The van der Waals surface area contributed by atoms with Crippen LogP contribution in [0.5, 0.6) is 0 Å². The fraction of sp³-hybridized carbons (Fsp3) is 0.125. The predicted molar refractivity (Wildman–Crippen MR) is 73.4 cm³/mol. The fourth-order valence-corrected chi connectivity index (χ4v) is 2.16. The topological polar surface area (TPSA) is 39.2 Å². The summed E-state index contributed by atoms with van der Waals surface area (Å²) >= 11 is 0. The average Bonchev–Trinajstić information content (AvgIpc) is 2.81. The molecule has 0 radical (unpaired) electrons. The quantitative estimate of drug-likeness (QED) is 0.736. The van der Waals surface area contributed by atoms with Gasteiger partial charge in [-0.25, -0.2) is 0 Å². The van der Waals surface area contributed by atoms with Gasteiger partial charge in [-0.3, -0.25) is 0 Å². The Bertz CT molecular complexity index is 670. The predicted octanol–water partition coefficient (Wildman–Crippen LogP) is 3.79. The van der Waals surface area contributed by atoms with Crippen molar-refractivity contribution in [1.82, 2.24) is 0 Å². The molecule has 0 amide bonds. The number of nitrogens with two attached hydrogens (primary N) is 1. The smallest absolute Gasteiger partial charge is 0.134 e. The maximum absolute atomic E-state index is 6.22. The maximum Gasteiger partial charge on any atom is 0.134 e.